The molecule has 1 saturated heterocycles. The van der Waals surface area contributed by atoms with Gasteiger partial charge in [-0.3, -0.25) is 9.69 Å². The lowest BCUT2D eigenvalue weighted by Gasteiger charge is -2.14. The van der Waals surface area contributed by atoms with Gasteiger partial charge in [-0.1, -0.05) is 0 Å². The predicted octanol–water partition coefficient (Wildman–Crippen LogP) is 1.46. The number of nitrogen functional groups attached to an aromatic ring is 1. The molecule has 1 unspecified atom stereocenters. The van der Waals surface area contributed by atoms with E-state index < -0.39 is 23.9 Å². The summed E-state index contributed by atoms with van der Waals surface area (Å²) in [6.45, 7) is 0.232. The van der Waals surface area contributed by atoms with E-state index in [4.69, 9.17) is 16.2 Å². The fourth-order valence-electron chi connectivity index (χ4n) is 2.57. The van der Waals surface area contributed by atoms with E-state index in [1.165, 1.54) is 29.4 Å². The molecule has 0 bridgehead atoms. The third-order valence-corrected chi connectivity index (χ3v) is 3.83. The van der Waals surface area contributed by atoms with Gasteiger partial charge in [0.15, 0.2) is 0 Å². The largest absolute Gasteiger partial charge is 0.444 e. The van der Waals surface area contributed by atoms with Gasteiger partial charge in [-0.2, -0.15) is 0 Å². The van der Waals surface area contributed by atoms with Crippen LogP contribution in [0.3, 0.4) is 0 Å². The number of carbonyl (C=O) groups is 2. The second-order valence-corrected chi connectivity index (χ2v) is 5.62. The van der Waals surface area contributed by atoms with Crippen molar-refractivity contribution in [2.45, 2.75) is 18.9 Å². The van der Waals surface area contributed by atoms with Gasteiger partial charge in [0, 0.05) is 29.9 Å². The fourth-order valence-corrected chi connectivity index (χ4v) is 2.57. The Morgan fingerprint density at radius 3 is 2.72 bits per heavy atom. The highest BCUT2D eigenvalue weighted by molar-refractivity contribution is 5.90. The number of cyclic esters (lactones) is 1. The molecule has 1 aliphatic heterocycles. The Morgan fingerprint density at radius 1 is 1.36 bits per heavy atom. The van der Waals surface area contributed by atoms with Gasteiger partial charge in [0.05, 0.1) is 12.2 Å². The van der Waals surface area contributed by atoms with Crippen molar-refractivity contribution in [2.24, 2.45) is 5.73 Å². The first-order valence-electron chi connectivity index (χ1n) is 7.58. The van der Waals surface area contributed by atoms with Crippen molar-refractivity contribution in [2.75, 3.05) is 17.2 Å². The molecule has 0 saturated carbocycles. The molecule has 1 fully saturated rings. The number of nitrogens with zero attached hydrogens (tertiary/aromatic N) is 3. The zero-order valence-electron chi connectivity index (χ0n) is 13.2. The Morgan fingerprint density at radius 2 is 2.08 bits per heavy atom. The molecule has 8 nitrogen and oxygen atoms in total. The average Bonchev–Trinajstić information content (AvgIpc) is 2.95. The van der Waals surface area contributed by atoms with E-state index >= 15 is 0 Å². The van der Waals surface area contributed by atoms with Crippen molar-refractivity contribution in [3.05, 3.63) is 36.4 Å². The van der Waals surface area contributed by atoms with Crippen LogP contribution in [0.1, 0.15) is 12.8 Å². The molecule has 2 amide bonds. The molecular weight excluding hydrogens is 329 g/mol. The summed E-state index contributed by atoms with van der Waals surface area (Å²) < 4.78 is 19.6. The summed E-state index contributed by atoms with van der Waals surface area (Å²) in [4.78, 5) is 31.8. The highest BCUT2D eigenvalue weighted by Crippen LogP contribution is 2.29. The molecule has 4 N–H and O–H groups in total. The zero-order valence-corrected chi connectivity index (χ0v) is 13.2. The van der Waals surface area contributed by atoms with Crippen LogP contribution in [0.5, 0.6) is 0 Å². The zero-order chi connectivity index (χ0) is 18.0. The minimum Gasteiger partial charge on any atom is -0.444 e. The van der Waals surface area contributed by atoms with Crippen LogP contribution < -0.4 is 16.4 Å². The summed E-state index contributed by atoms with van der Waals surface area (Å²) in [6.07, 6.45) is 2.26. The van der Waals surface area contributed by atoms with Gasteiger partial charge < -0.3 is 16.2 Å². The van der Waals surface area contributed by atoms with Crippen LogP contribution in [0.2, 0.25) is 0 Å². The van der Waals surface area contributed by atoms with Gasteiger partial charge in [-0.25, -0.2) is 19.2 Å². The predicted molar refractivity (Wildman–Crippen MR) is 87.9 cm³/mol. The Hall–Kier alpha value is -3.23. The number of aromatic nitrogens is 2. The number of ether oxygens (including phenoxy) is 1. The number of nitrogens with two attached hydrogens (primary N) is 2. The van der Waals surface area contributed by atoms with Crippen molar-refractivity contribution in [1.82, 2.24) is 9.97 Å². The topological polar surface area (TPSA) is 124 Å². The molecule has 1 aliphatic rings. The summed E-state index contributed by atoms with van der Waals surface area (Å²) >= 11 is 0. The van der Waals surface area contributed by atoms with E-state index in [1.807, 2.05) is 0 Å². The van der Waals surface area contributed by atoms with Crippen molar-refractivity contribution in [3.8, 4) is 11.1 Å². The number of hydrogen-bond acceptors (Lipinski definition) is 6. The van der Waals surface area contributed by atoms with Gasteiger partial charge in [-0.15, -0.1) is 0 Å². The molecule has 3 rings (SSSR count). The van der Waals surface area contributed by atoms with Gasteiger partial charge in [0.1, 0.15) is 11.9 Å². The third kappa shape index (κ3) is 3.65. The molecular formula is C16H16FN5O3. The highest BCUT2D eigenvalue weighted by atomic mass is 19.1. The third-order valence-electron chi connectivity index (χ3n) is 3.83. The van der Waals surface area contributed by atoms with E-state index in [0.717, 1.165) is 0 Å². The maximum Gasteiger partial charge on any atom is 0.414 e. The summed E-state index contributed by atoms with van der Waals surface area (Å²) in [5.74, 6) is -0.891. The maximum absolute atomic E-state index is 14.4. The number of benzene rings is 1. The molecule has 1 aromatic heterocycles. The van der Waals surface area contributed by atoms with Crippen LogP contribution in [0.25, 0.3) is 11.1 Å². The number of hydrogen-bond donors (Lipinski definition) is 2. The Balaban J connectivity index is 1.77. The second-order valence-electron chi connectivity index (χ2n) is 5.62. The molecule has 25 heavy (non-hydrogen) atoms. The van der Waals surface area contributed by atoms with Crippen molar-refractivity contribution in [1.29, 1.82) is 0 Å². The summed E-state index contributed by atoms with van der Waals surface area (Å²) in [5.41, 5.74) is 11.6. The van der Waals surface area contributed by atoms with Crippen molar-refractivity contribution >= 4 is 23.6 Å². The molecule has 2 aromatic rings. The fraction of sp³-hybridized carbons (Fsp3) is 0.250. The van der Waals surface area contributed by atoms with Crippen LogP contribution in [-0.4, -0.2) is 34.6 Å². The average molecular weight is 345 g/mol. The quantitative estimate of drug-likeness (QED) is 0.845. The van der Waals surface area contributed by atoms with Gasteiger partial charge >= 0.3 is 6.09 Å². The van der Waals surface area contributed by atoms with E-state index in [1.54, 1.807) is 6.07 Å². The number of carbonyl (C=O) groups excluding carboxylic acids is 2. The number of amides is 2. The van der Waals surface area contributed by atoms with Crippen molar-refractivity contribution < 1.29 is 18.7 Å². The Labute approximate surface area is 142 Å². The molecule has 1 atom stereocenters. The van der Waals surface area contributed by atoms with Crippen LogP contribution in [-0.2, 0) is 9.53 Å². The van der Waals surface area contributed by atoms with Crippen LogP contribution in [0.15, 0.2) is 30.6 Å². The van der Waals surface area contributed by atoms with E-state index in [9.17, 15) is 14.0 Å². The van der Waals surface area contributed by atoms with Crippen molar-refractivity contribution in [3.63, 3.8) is 0 Å². The molecule has 0 radical (unpaired) electrons. The van der Waals surface area contributed by atoms with Crippen LogP contribution in [0, 0.1) is 5.82 Å². The number of halogens is 1. The lowest BCUT2D eigenvalue weighted by molar-refractivity contribution is -0.118. The van der Waals surface area contributed by atoms with Gasteiger partial charge in [0.25, 0.3) is 0 Å². The Bertz CT molecular complexity index is 812. The minimum absolute atomic E-state index is 0.0996. The monoisotopic (exact) mass is 345 g/mol. The normalized spacial score (nSPS) is 16.8. The van der Waals surface area contributed by atoms with Gasteiger partial charge in [-0.05, 0) is 24.6 Å². The summed E-state index contributed by atoms with van der Waals surface area (Å²) in [7, 11) is 0. The molecule has 130 valence electrons. The molecule has 1 aromatic carbocycles. The first-order valence-corrected chi connectivity index (χ1v) is 7.58. The number of rotatable bonds is 5. The molecule has 0 aliphatic carbocycles. The Kier molecular flexibility index (Phi) is 4.46. The second kappa shape index (κ2) is 6.71. The van der Waals surface area contributed by atoms with Gasteiger partial charge in [0.2, 0.25) is 11.9 Å². The SMILES string of the molecule is NC(=O)CCC1CN(c2ccc(-c3cnc(N)nc3)c(F)c2)C(=O)O1. The molecule has 0 spiro atoms. The molecule has 2 heterocycles. The lowest BCUT2D eigenvalue weighted by Crippen LogP contribution is -2.25. The summed E-state index contributed by atoms with van der Waals surface area (Å²) in [5, 5.41) is 0. The van der Waals surface area contributed by atoms with Crippen LogP contribution in [0.4, 0.5) is 20.8 Å². The smallest absolute Gasteiger partial charge is 0.414 e. The molecule has 9 heteroatoms. The minimum atomic E-state index is -0.586. The summed E-state index contributed by atoms with van der Waals surface area (Å²) in [6, 6.07) is 4.37. The van der Waals surface area contributed by atoms with E-state index in [0.29, 0.717) is 23.2 Å². The van der Waals surface area contributed by atoms with Crippen LogP contribution >= 0.6 is 0 Å². The number of primary amides is 1. The van der Waals surface area contributed by atoms with E-state index in [2.05, 4.69) is 9.97 Å². The number of anilines is 2. The standard InChI is InChI=1S/C16H16FN5O3/c17-13-5-10(1-3-12(13)9-6-20-15(19)21-7-9)22-8-11(25-16(22)24)2-4-14(18)23/h1,3,5-7,11H,2,4,8H2,(H2,18,23)(H2,19,20,21). The lowest BCUT2D eigenvalue weighted by atomic mass is 10.1. The highest BCUT2D eigenvalue weighted by Gasteiger charge is 2.32. The maximum atomic E-state index is 14.4. The van der Waals surface area contributed by atoms with E-state index in [-0.39, 0.29) is 18.9 Å². The first kappa shape index (κ1) is 16.6. The first-order chi connectivity index (χ1) is 11.9.